The molecule has 0 aliphatic carbocycles. The van der Waals surface area contributed by atoms with Crippen LogP contribution in [0.25, 0.3) is 0 Å². The van der Waals surface area contributed by atoms with Crippen LogP contribution in [0.3, 0.4) is 0 Å². The zero-order chi connectivity index (χ0) is 18.0. The second kappa shape index (κ2) is 7.68. The monoisotopic (exact) mass is 353 g/mol. The van der Waals surface area contributed by atoms with Crippen molar-refractivity contribution in [2.75, 3.05) is 27.3 Å². The van der Waals surface area contributed by atoms with E-state index in [0.29, 0.717) is 13.1 Å². The Bertz CT molecular complexity index is 558. The van der Waals surface area contributed by atoms with Gasteiger partial charge < -0.3 is 18.9 Å². The summed E-state index contributed by atoms with van der Waals surface area (Å²) in [6.07, 6.45) is -2.29. The minimum atomic E-state index is -1.00. The standard InChI is InChI=1S/C19H28FNO4/c1-13(20)15-11-21(10-14-8-6-5-7-9-14)12-16-17(15)24-18(22-3)19(2,23-4)25-16/h5-9,13,15-18H,10-12H2,1-4H3/t13-,15+,16+,17+,18-,19-/m0/s1. The summed E-state index contributed by atoms with van der Waals surface area (Å²) in [5.74, 6) is -1.28. The average molecular weight is 353 g/mol. The van der Waals surface area contributed by atoms with E-state index in [0.717, 1.165) is 6.54 Å². The van der Waals surface area contributed by atoms with Gasteiger partial charge in [-0.1, -0.05) is 30.3 Å². The summed E-state index contributed by atoms with van der Waals surface area (Å²) >= 11 is 0. The molecule has 140 valence electrons. The van der Waals surface area contributed by atoms with Crippen molar-refractivity contribution in [3.63, 3.8) is 0 Å². The Kier molecular flexibility index (Phi) is 5.75. The first-order valence-corrected chi connectivity index (χ1v) is 8.78. The zero-order valence-electron chi connectivity index (χ0n) is 15.4. The van der Waals surface area contributed by atoms with Gasteiger partial charge >= 0.3 is 0 Å². The van der Waals surface area contributed by atoms with Crippen molar-refractivity contribution < 1.29 is 23.3 Å². The lowest BCUT2D eigenvalue weighted by atomic mass is 9.87. The van der Waals surface area contributed by atoms with Crippen molar-refractivity contribution in [1.82, 2.24) is 4.90 Å². The third kappa shape index (κ3) is 3.88. The van der Waals surface area contributed by atoms with E-state index in [4.69, 9.17) is 18.9 Å². The largest absolute Gasteiger partial charge is 0.351 e. The summed E-state index contributed by atoms with van der Waals surface area (Å²) in [5, 5.41) is 0. The van der Waals surface area contributed by atoms with Crippen molar-refractivity contribution in [3.05, 3.63) is 35.9 Å². The van der Waals surface area contributed by atoms with Gasteiger partial charge in [-0.15, -0.1) is 0 Å². The second-order valence-electron chi connectivity index (χ2n) is 7.07. The van der Waals surface area contributed by atoms with Gasteiger partial charge in [-0.3, -0.25) is 4.90 Å². The van der Waals surface area contributed by atoms with Gasteiger partial charge in [0, 0.05) is 39.8 Å². The molecule has 0 aromatic heterocycles. The van der Waals surface area contributed by atoms with E-state index in [1.165, 1.54) is 5.56 Å². The summed E-state index contributed by atoms with van der Waals surface area (Å²) in [6.45, 7) is 5.42. The Hall–Kier alpha value is -1.05. The fourth-order valence-corrected chi connectivity index (χ4v) is 3.82. The van der Waals surface area contributed by atoms with E-state index < -0.39 is 18.2 Å². The van der Waals surface area contributed by atoms with E-state index in [1.54, 1.807) is 28.1 Å². The Balaban J connectivity index is 1.78. The summed E-state index contributed by atoms with van der Waals surface area (Å²) in [4.78, 5) is 2.23. The Morgan fingerprint density at radius 2 is 2.00 bits per heavy atom. The molecule has 2 heterocycles. The number of hydrogen-bond acceptors (Lipinski definition) is 5. The number of fused-ring (bicyclic) bond motifs is 1. The first kappa shape index (κ1) is 18.7. The normalized spacial score (nSPS) is 37.5. The zero-order valence-corrected chi connectivity index (χ0v) is 15.4. The van der Waals surface area contributed by atoms with Crippen LogP contribution in [0.4, 0.5) is 4.39 Å². The van der Waals surface area contributed by atoms with Crippen LogP contribution in [0.15, 0.2) is 30.3 Å². The Morgan fingerprint density at radius 3 is 2.60 bits per heavy atom. The fraction of sp³-hybridized carbons (Fsp3) is 0.684. The van der Waals surface area contributed by atoms with E-state index in [1.807, 2.05) is 18.2 Å². The maximum Gasteiger partial charge on any atom is 0.217 e. The van der Waals surface area contributed by atoms with Gasteiger partial charge in [0.25, 0.3) is 0 Å². The molecular weight excluding hydrogens is 325 g/mol. The highest BCUT2D eigenvalue weighted by atomic mass is 19.1. The number of alkyl halides is 1. The highest BCUT2D eigenvalue weighted by molar-refractivity contribution is 5.15. The van der Waals surface area contributed by atoms with Crippen molar-refractivity contribution in [2.45, 2.75) is 50.8 Å². The third-order valence-electron chi connectivity index (χ3n) is 5.25. The van der Waals surface area contributed by atoms with Crippen LogP contribution < -0.4 is 0 Å². The summed E-state index contributed by atoms with van der Waals surface area (Å²) in [6, 6.07) is 10.2. The summed E-state index contributed by atoms with van der Waals surface area (Å²) in [7, 11) is 3.11. The number of piperidine rings is 1. The number of halogens is 1. The molecule has 0 spiro atoms. The third-order valence-corrected chi connectivity index (χ3v) is 5.25. The van der Waals surface area contributed by atoms with Gasteiger partial charge in [0.15, 0.2) is 0 Å². The highest BCUT2D eigenvalue weighted by Gasteiger charge is 2.53. The molecule has 2 saturated heterocycles. The van der Waals surface area contributed by atoms with Gasteiger partial charge in [0.1, 0.15) is 12.3 Å². The second-order valence-corrected chi connectivity index (χ2v) is 7.07. The highest BCUT2D eigenvalue weighted by Crippen LogP contribution is 2.38. The number of benzene rings is 1. The molecule has 0 radical (unpaired) electrons. The Morgan fingerprint density at radius 1 is 1.28 bits per heavy atom. The first-order valence-electron chi connectivity index (χ1n) is 8.78. The maximum absolute atomic E-state index is 14.3. The molecule has 2 aliphatic rings. The molecule has 1 aromatic rings. The van der Waals surface area contributed by atoms with Crippen LogP contribution in [-0.4, -0.2) is 62.7 Å². The van der Waals surface area contributed by atoms with E-state index in [-0.39, 0.29) is 18.1 Å². The van der Waals surface area contributed by atoms with Crippen LogP contribution in [0, 0.1) is 5.92 Å². The molecule has 6 atom stereocenters. The van der Waals surface area contributed by atoms with Gasteiger partial charge in [0.2, 0.25) is 12.1 Å². The number of nitrogens with zero attached hydrogens (tertiary/aromatic N) is 1. The quantitative estimate of drug-likeness (QED) is 0.814. The number of methoxy groups -OCH3 is 2. The molecule has 0 unspecified atom stereocenters. The molecular formula is C19H28FNO4. The maximum atomic E-state index is 14.3. The SMILES string of the molecule is CO[C@H]1O[C@@H]2[C@@H]([C@H](C)F)CN(Cc3ccccc3)C[C@H]2O[C@]1(C)OC. The van der Waals surface area contributed by atoms with Crippen molar-refractivity contribution in [1.29, 1.82) is 0 Å². The van der Waals surface area contributed by atoms with Gasteiger partial charge in [-0.25, -0.2) is 4.39 Å². The Labute approximate surface area is 149 Å². The van der Waals surface area contributed by atoms with Gasteiger partial charge in [-0.2, -0.15) is 0 Å². The van der Waals surface area contributed by atoms with Crippen LogP contribution in [0.1, 0.15) is 19.4 Å². The molecule has 0 saturated carbocycles. The molecule has 1 aromatic carbocycles. The topological polar surface area (TPSA) is 40.2 Å². The van der Waals surface area contributed by atoms with Crippen LogP contribution in [0.2, 0.25) is 0 Å². The van der Waals surface area contributed by atoms with Crippen LogP contribution in [0.5, 0.6) is 0 Å². The predicted octanol–water partition coefficient (Wildman–Crippen LogP) is 2.60. The molecule has 6 heteroatoms. The van der Waals surface area contributed by atoms with E-state index in [2.05, 4.69) is 17.0 Å². The number of rotatable bonds is 5. The molecule has 5 nitrogen and oxygen atoms in total. The number of ether oxygens (including phenoxy) is 4. The van der Waals surface area contributed by atoms with Gasteiger partial charge in [0.05, 0.1) is 6.10 Å². The molecule has 2 aliphatic heterocycles. The molecule has 0 N–H and O–H groups in total. The van der Waals surface area contributed by atoms with Crippen molar-refractivity contribution >= 4 is 0 Å². The smallest absolute Gasteiger partial charge is 0.217 e. The first-order chi connectivity index (χ1) is 12.0. The predicted molar refractivity (Wildman–Crippen MR) is 91.7 cm³/mol. The number of hydrogen-bond donors (Lipinski definition) is 0. The van der Waals surface area contributed by atoms with Crippen LogP contribution in [-0.2, 0) is 25.5 Å². The average Bonchev–Trinajstić information content (AvgIpc) is 2.61. The minimum absolute atomic E-state index is 0.267. The molecule has 3 rings (SSSR count). The molecule has 25 heavy (non-hydrogen) atoms. The number of likely N-dealkylation sites (tertiary alicyclic amines) is 1. The lowest BCUT2D eigenvalue weighted by Crippen LogP contribution is -2.66. The van der Waals surface area contributed by atoms with E-state index >= 15 is 0 Å². The van der Waals surface area contributed by atoms with Crippen molar-refractivity contribution in [3.8, 4) is 0 Å². The van der Waals surface area contributed by atoms with Crippen molar-refractivity contribution in [2.24, 2.45) is 5.92 Å². The molecule has 2 fully saturated rings. The summed E-state index contributed by atoms with van der Waals surface area (Å²) < 4.78 is 37.5. The van der Waals surface area contributed by atoms with Gasteiger partial charge in [-0.05, 0) is 19.4 Å². The lowest BCUT2D eigenvalue weighted by molar-refractivity contribution is -0.413. The molecule has 0 bridgehead atoms. The minimum Gasteiger partial charge on any atom is -0.351 e. The van der Waals surface area contributed by atoms with Crippen LogP contribution >= 0.6 is 0 Å². The van der Waals surface area contributed by atoms with E-state index in [9.17, 15) is 4.39 Å². The fourth-order valence-electron chi connectivity index (χ4n) is 3.82. The molecule has 0 amide bonds. The summed E-state index contributed by atoms with van der Waals surface area (Å²) in [5.41, 5.74) is 1.20. The lowest BCUT2D eigenvalue weighted by Gasteiger charge is -2.52.